The Hall–Kier alpha value is -2.72. The molecule has 3 rings (SSSR count). The van der Waals surface area contributed by atoms with Crippen molar-refractivity contribution in [3.8, 4) is 22.5 Å². The van der Waals surface area contributed by atoms with Gasteiger partial charge in [0.15, 0.2) is 0 Å². The van der Waals surface area contributed by atoms with Gasteiger partial charge in [0.05, 0.1) is 22.9 Å². The van der Waals surface area contributed by atoms with E-state index >= 15 is 0 Å². The van der Waals surface area contributed by atoms with Crippen LogP contribution < -0.4 is 5.14 Å². The molecule has 3 N–H and O–H groups in total. The van der Waals surface area contributed by atoms with E-state index in [9.17, 15) is 8.42 Å². The van der Waals surface area contributed by atoms with Crippen LogP contribution >= 0.6 is 0 Å². The number of hydrogen-bond acceptors (Lipinski definition) is 7. The Morgan fingerprint density at radius 1 is 1.14 bits per heavy atom. The summed E-state index contributed by atoms with van der Waals surface area (Å²) < 4.78 is 23.6. The predicted molar refractivity (Wildman–Crippen MR) is 72.0 cm³/mol. The highest BCUT2D eigenvalue weighted by Crippen LogP contribution is 2.34. The van der Waals surface area contributed by atoms with Crippen LogP contribution in [0.15, 0.2) is 41.6 Å². The van der Waals surface area contributed by atoms with Crippen molar-refractivity contribution in [3.63, 3.8) is 0 Å². The highest BCUT2D eigenvalue weighted by molar-refractivity contribution is 7.89. The first-order chi connectivity index (χ1) is 10.1. The van der Waals surface area contributed by atoms with Gasteiger partial charge >= 0.3 is 0 Å². The fourth-order valence-corrected chi connectivity index (χ4v) is 2.71. The molecular weight excluding hydrogens is 294 g/mol. The smallest absolute Gasteiger partial charge is 0.225 e. The van der Waals surface area contributed by atoms with Crippen LogP contribution in [0.25, 0.3) is 22.5 Å². The Morgan fingerprint density at radius 2 is 2.00 bits per heavy atom. The molecule has 10 heteroatoms. The lowest BCUT2D eigenvalue weighted by atomic mass is 10.0. The molecule has 2 aromatic heterocycles. The summed E-state index contributed by atoms with van der Waals surface area (Å²) in [6.07, 6.45) is 3.00. The average Bonchev–Trinajstić information content (AvgIpc) is 3.00. The van der Waals surface area contributed by atoms with Crippen LogP contribution in [0.2, 0.25) is 0 Å². The summed E-state index contributed by atoms with van der Waals surface area (Å²) in [4.78, 5) is -0.0850. The Kier molecular flexibility index (Phi) is 3.16. The van der Waals surface area contributed by atoms with E-state index in [0.29, 0.717) is 11.1 Å². The van der Waals surface area contributed by atoms with Gasteiger partial charge < -0.3 is 0 Å². The van der Waals surface area contributed by atoms with Crippen LogP contribution in [-0.2, 0) is 10.0 Å². The zero-order chi connectivity index (χ0) is 14.9. The molecule has 2 heterocycles. The van der Waals surface area contributed by atoms with Crippen molar-refractivity contribution < 1.29 is 8.42 Å². The first-order valence-electron chi connectivity index (χ1n) is 5.74. The lowest BCUT2D eigenvalue weighted by Crippen LogP contribution is -2.14. The third kappa shape index (κ3) is 2.49. The van der Waals surface area contributed by atoms with Gasteiger partial charge in [-0.3, -0.25) is 0 Å². The van der Waals surface area contributed by atoms with Gasteiger partial charge in [0, 0.05) is 5.56 Å². The van der Waals surface area contributed by atoms with Crippen LogP contribution in [0.3, 0.4) is 0 Å². The van der Waals surface area contributed by atoms with Gasteiger partial charge in [0.25, 0.3) is 0 Å². The van der Waals surface area contributed by atoms with Gasteiger partial charge in [-0.05, 0) is 22.9 Å². The summed E-state index contributed by atoms with van der Waals surface area (Å²) in [5.74, 6) is 0.131. The summed E-state index contributed by atoms with van der Waals surface area (Å²) in [5, 5.41) is 26.2. The van der Waals surface area contributed by atoms with Crippen molar-refractivity contribution >= 4 is 10.0 Å². The summed E-state index contributed by atoms with van der Waals surface area (Å²) in [5.41, 5.74) is 1.50. The number of primary sulfonamides is 1. The minimum Gasteiger partial charge on any atom is -0.225 e. The molecule has 0 amide bonds. The fourth-order valence-electron chi connectivity index (χ4n) is 1.96. The Bertz CT molecular complexity index is 863. The van der Waals surface area contributed by atoms with Crippen molar-refractivity contribution in [2.24, 2.45) is 5.14 Å². The van der Waals surface area contributed by atoms with Gasteiger partial charge in [-0.1, -0.05) is 12.1 Å². The van der Waals surface area contributed by atoms with Crippen LogP contribution in [0.1, 0.15) is 0 Å². The van der Waals surface area contributed by atoms with Crippen molar-refractivity contribution in [2.75, 3.05) is 0 Å². The van der Waals surface area contributed by atoms with E-state index in [2.05, 4.69) is 30.8 Å². The van der Waals surface area contributed by atoms with Crippen molar-refractivity contribution in [2.45, 2.75) is 4.90 Å². The Balaban J connectivity index is 2.36. The predicted octanol–water partition coefficient (Wildman–Crippen LogP) is -0.0289. The minimum absolute atomic E-state index is 0.0850. The number of nitrogens with zero attached hydrogens (tertiary/aromatic N) is 5. The molecule has 1 aromatic carbocycles. The third-order valence-electron chi connectivity index (χ3n) is 2.80. The summed E-state index contributed by atoms with van der Waals surface area (Å²) in [7, 11) is -3.95. The van der Waals surface area contributed by atoms with Gasteiger partial charge in [-0.25, -0.2) is 13.6 Å². The van der Waals surface area contributed by atoms with E-state index < -0.39 is 10.0 Å². The van der Waals surface area contributed by atoms with Crippen LogP contribution in [0.4, 0.5) is 0 Å². The van der Waals surface area contributed by atoms with Gasteiger partial charge in [0.1, 0.15) is 0 Å². The molecule has 0 aliphatic carbocycles. The first-order valence-corrected chi connectivity index (χ1v) is 7.29. The zero-order valence-electron chi connectivity index (χ0n) is 10.5. The van der Waals surface area contributed by atoms with E-state index in [-0.39, 0.29) is 16.3 Å². The molecule has 106 valence electrons. The second kappa shape index (κ2) is 5.00. The lowest BCUT2D eigenvalue weighted by molar-refractivity contribution is 0.598. The number of benzene rings is 1. The number of H-pyrrole nitrogens is 1. The van der Waals surface area contributed by atoms with Gasteiger partial charge in [-0.15, -0.1) is 10.2 Å². The molecule has 0 saturated carbocycles. The average molecular weight is 303 g/mol. The third-order valence-corrected chi connectivity index (χ3v) is 3.75. The molecule has 0 aliphatic rings. The number of aromatic nitrogens is 6. The number of nitrogens with two attached hydrogens (primary N) is 1. The molecule has 0 aliphatic heterocycles. The van der Waals surface area contributed by atoms with Crippen molar-refractivity contribution in [1.82, 2.24) is 30.8 Å². The first kappa shape index (κ1) is 13.3. The number of tetrazole rings is 1. The van der Waals surface area contributed by atoms with Crippen LogP contribution in [0.5, 0.6) is 0 Å². The minimum atomic E-state index is -3.95. The molecule has 3 aromatic rings. The fraction of sp³-hybridized carbons (Fsp3) is 0. The van der Waals surface area contributed by atoms with Crippen LogP contribution in [0, 0.1) is 0 Å². The number of sulfonamides is 1. The lowest BCUT2D eigenvalue weighted by Gasteiger charge is -2.10. The standard InChI is InChI=1S/C11H9N7O2S/c12-21(19,20)9-3-1-2-8(7-4-5-13-14-6-7)10(9)11-15-17-18-16-11/h1-6H,(H2,12,19,20)(H,15,16,17,18). The second-order valence-corrected chi connectivity index (χ2v) is 5.62. The molecular formula is C11H9N7O2S. The normalized spacial score (nSPS) is 11.5. The maximum Gasteiger partial charge on any atom is 0.238 e. The molecule has 0 spiro atoms. The zero-order valence-corrected chi connectivity index (χ0v) is 11.3. The number of aromatic amines is 1. The molecule has 0 unspecified atom stereocenters. The van der Waals surface area contributed by atoms with Crippen molar-refractivity contribution in [1.29, 1.82) is 0 Å². The molecule has 0 radical (unpaired) electrons. The molecule has 21 heavy (non-hydrogen) atoms. The molecule has 0 bridgehead atoms. The Morgan fingerprint density at radius 3 is 2.62 bits per heavy atom. The largest absolute Gasteiger partial charge is 0.238 e. The van der Waals surface area contributed by atoms with E-state index in [1.165, 1.54) is 18.5 Å². The van der Waals surface area contributed by atoms with E-state index in [1.54, 1.807) is 18.2 Å². The monoisotopic (exact) mass is 303 g/mol. The molecule has 0 atom stereocenters. The molecule has 0 fully saturated rings. The van der Waals surface area contributed by atoms with Crippen LogP contribution in [-0.4, -0.2) is 39.2 Å². The number of hydrogen-bond donors (Lipinski definition) is 2. The Labute approximate surface area is 119 Å². The summed E-state index contributed by atoms with van der Waals surface area (Å²) >= 11 is 0. The maximum absolute atomic E-state index is 11.8. The van der Waals surface area contributed by atoms with E-state index in [1.807, 2.05) is 0 Å². The SMILES string of the molecule is NS(=O)(=O)c1cccc(-c2ccnnc2)c1-c1nn[nH]n1. The topological polar surface area (TPSA) is 140 Å². The quantitative estimate of drug-likeness (QED) is 0.692. The second-order valence-electron chi connectivity index (χ2n) is 4.09. The van der Waals surface area contributed by atoms with Gasteiger partial charge in [0.2, 0.25) is 15.8 Å². The summed E-state index contributed by atoms with van der Waals surface area (Å²) in [6, 6.07) is 6.38. The highest BCUT2D eigenvalue weighted by atomic mass is 32.2. The molecule has 9 nitrogen and oxygen atoms in total. The number of rotatable bonds is 3. The van der Waals surface area contributed by atoms with Gasteiger partial charge in [-0.2, -0.15) is 15.4 Å². The number of nitrogens with one attached hydrogen (secondary N) is 1. The van der Waals surface area contributed by atoms with E-state index in [4.69, 9.17) is 5.14 Å². The van der Waals surface area contributed by atoms with Crippen molar-refractivity contribution in [3.05, 3.63) is 36.7 Å². The van der Waals surface area contributed by atoms with E-state index in [0.717, 1.165) is 0 Å². The highest BCUT2D eigenvalue weighted by Gasteiger charge is 2.22. The summed E-state index contributed by atoms with van der Waals surface area (Å²) in [6.45, 7) is 0. The molecule has 0 saturated heterocycles. The maximum atomic E-state index is 11.8.